The number of hydrogen-bond acceptors (Lipinski definition) is 4. The van der Waals surface area contributed by atoms with Crippen molar-refractivity contribution >= 4 is 5.82 Å². The second-order valence-electron chi connectivity index (χ2n) is 6.88. The number of benzene rings is 1. The molecule has 6 nitrogen and oxygen atoms in total. The van der Waals surface area contributed by atoms with E-state index < -0.39 is 5.56 Å². The molecule has 3 rings (SSSR count). The molecule has 1 aromatic carbocycles. The van der Waals surface area contributed by atoms with Crippen LogP contribution in [0.3, 0.4) is 0 Å². The molecule has 136 valence electrons. The molecule has 0 saturated carbocycles. The molecule has 1 aliphatic heterocycles. The van der Waals surface area contributed by atoms with E-state index in [0.29, 0.717) is 5.82 Å². The lowest BCUT2D eigenvalue weighted by Crippen LogP contribution is -2.43. The van der Waals surface area contributed by atoms with E-state index in [-0.39, 0.29) is 17.3 Å². The normalized spacial score (nSPS) is 16.7. The van der Waals surface area contributed by atoms with Gasteiger partial charge >= 0.3 is 5.69 Å². The van der Waals surface area contributed by atoms with E-state index in [1.165, 1.54) is 17.2 Å². The molecule has 6 heteroatoms. The minimum absolute atomic E-state index is 0.0598. The zero-order valence-corrected chi connectivity index (χ0v) is 15.3. The predicted molar refractivity (Wildman–Crippen MR) is 101 cm³/mol. The fourth-order valence-electron chi connectivity index (χ4n) is 3.87. The Hall–Kier alpha value is -2.81. The van der Waals surface area contributed by atoms with Crippen LogP contribution in [-0.4, -0.2) is 21.7 Å². The Morgan fingerprint density at radius 1 is 1.15 bits per heavy atom. The highest BCUT2D eigenvalue weighted by molar-refractivity contribution is 5.54. The molecular formula is C20H24N4O2. The Kier molecular flexibility index (Phi) is 5.27. The van der Waals surface area contributed by atoms with Crippen LogP contribution in [0.1, 0.15) is 36.8 Å². The van der Waals surface area contributed by atoms with Gasteiger partial charge in [-0.25, -0.2) is 4.79 Å². The lowest BCUT2D eigenvalue weighted by atomic mass is 10.0. The van der Waals surface area contributed by atoms with Crippen LogP contribution in [0.25, 0.3) is 0 Å². The van der Waals surface area contributed by atoms with E-state index in [2.05, 4.69) is 17.0 Å². The third-order valence-corrected chi connectivity index (χ3v) is 5.24. The molecular weight excluding hydrogens is 328 g/mol. The van der Waals surface area contributed by atoms with Crippen molar-refractivity contribution in [2.45, 2.75) is 38.1 Å². The summed E-state index contributed by atoms with van der Waals surface area (Å²) in [6.45, 7) is 0.769. The Bertz CT molecular complexity index is 937. The number of nitrogens with zero attached hydrogens (tertiary/aromatic N) is 4. The van der Waals surface area contributed by atoms with E-state index >= 15 is 0 Å². The van der Waals surface area contributed by atoms with Crippen LogP contribution < -0.4 is 16.1 Å². The first-order valence-corrected chi connectivity index (χ1v) is 9.05. The topological polar surface area (TPSA) is 71.0 Å². The van der Waals surface area contributed by atoms with Crippen LogP contribution in [-0.2, 0) is 20.5 Å². The maximum Gasteiger partial charge on any atom is 0.332 e. The summed E-state index contributed by atoms with van der Waals surface area (Å²) in [6.07, 6.45) is 5.04. The van der Waals surface area contributed by atoms with Crippen molar-refractivity contribution in [2.24, 2.45) is 14.1 Å². The first kappa shape index (κ1) is 18.0. The number of nitriles is 1. The standard InChI is InChI=1S/C20H24N4O2/c1-22-18(17(14-21)19(25)23(2)20(22)26)24-13-7-12-16(24)11-6-10-15-8-4-3-5-9-15/h3-5,8-9,16H,6-7,10-13H2,1-2H3. The van der Waals surface area contributed by atoms with Gasteiger partial charge < -0.3 is 4.90 Å². The minimum atomic E-state index is -0.513. The fraction of sp³-hybridized carbons (Fsp3) is 0.450. The molecule has 0 N–H and O–H groups in total. The van der Waals surface area contributed by atoms with Crippen molar-refractivity contribution in [1.82, 2.24) is 9.13 Å². The molecule has 1 unspecified atom stereocenters. The average molecular weight is 352 g/mol. The zero-order valence-electron chi connectivity index (χ0n) is 15.3. The van der Waals surface area contributed by atoms with Crippen molar-refractivity contribution in [2.75, 3.05) is 11.4 Å². The summed E-state index contributed by atoms with van der Waals surface area (Å²) >= 11 is 0. The summed E-state index contributed by atoms with van der Waals surface area (Å²) in [7, 11) is 3.05. The van der Waals surface area contributed by atoms with Crippen LogP contribution in [0.2, 0.25) is 0 Å². The van der Waals surface area contributed by atoms with Gasteiger partial charge in [-0.05, 0) is 37.7 Å². The van der Waals surface area contributed by atoms with Crippen LogP contribution in [0, 0.1) is 11.3 Å². The third kappa shape index (κ3) is 3.30. The van der Waals surface area contributed by atoms with Gasteiger partial charge in [-0.15, -0.1) is 0 Å². The Morgan fingerprint density at radius 3 is 2.58 bits per heavy atom. The maximum atomic E-state index is 12.4. The number of aryl methyl sites for hydroxylation is 1. The molecule has 0 radical (unpaired) electrons. The van der Waals surface area contributed by atoms with Crippen molar-refractivity contribution in [3.63, 3.8) is 0 Å². The van der Waals surface area contributed by atoms with Crippen LogP contribution in [0.4, 0.5) is 5.82 Å². The largest absolute Gasteiger partial charge is 0.354 e. The first-order chi connectivity index (χ1) is 12.5. The molecule has 1 saturated heterocycles. The van der Waals surface area contributed by atoms with E-state index in [0.717, 1.165) is 43.2 Å². The molecule has 1 atom stereocenters. The quantitative estimate of drug-likeness (QED) is 0.825. The summed E-state index contributed by atoms with van der Waals surface area (Å²) in [5, 5.41) is 9.51. The Morgan fingerprint density at radius 2 is 1.88 bits per heavy atom. The van der Waals surface area contributed by atoms with Gasteiger partial charge in [0.05, 0.1) is 0 Å². The van der Waals surface area contributed by atoms with Gasteiger partial charge in [-0.2, -0.15) is 5.26 Å². The Balaban J connectivity index is 1.84. The summed E-state index contributed by atoms with van der Waals surface area (Å²) < 4.78 is 2.44. The van der Waals surface area contributed by atoms with Crippen LogP contribution in [0.5, 0.6) is 0 Å². The van der Waals surface area contributed by atoms with Gasteiger partial charge in [0.15, 0.2) is 5.56 Å². The lowest BCUT2D eigenvalue weighted by molar-refractivity contribution is 0.562. The van der Waals surface area contributed by atoms with Gasteiger partial charge in [-0.1, -0.05) is 30.3 Å². The number of anilines is 1. The van der Waals surface area contributed by atoms with Gasteiger partial charge in [0.2, 0.25) is 0 Å². The number of aromatic nitrogens is 2. The molecule has 2 aromatic rings. The molecule has 0 amide bonds. The van der Waals surface area contributed by atoms with Crippen molar-refractivity contribution in [1.29, 1.82) is 5.26 Å². The third-order valence-electron chi connectivity index (χ3n) is 5.24. The molecule has 0 spiro atoms. The molecule has 2 heterocycles. The minimum Gasteiger partial charge on any atom is -0.354 e. The van der Waals surface area contributed by atoms with Crippen molar-refractivity contribution in [3.05, 3.63) is 62.3 Å². The smallest absolute Gasteiger partial charge is 0.332 e. The van der Waals surface area contributed by atoms with Gasteiger partial charge in [0, 0.05) is 26.7 Å². The maximum absolute atomic E-state index is 12.4. The highest BCUT2D eigenvalue weighted by atomic mass is 16.2. The van der Waals surface area contributed by atoms with Crippen molar-refractivity contribution in [3.8, 4) is 6.07 Å². The van der Waals surface area contributed by atoms with Gasteiger partial charge in [0.25, 0.3) is 5.56 Å². The average Bonchev–Trinajstić information content (AvgIpc) is 3.11. The van der Waals surface area contributed by atoms with E-state index in [1.54, 1.807) is 7.05 Å². The number of hydrogen-bond donors (Lipinski definition) is 0. The fourth-order valence-corrected chi connectivity index (χ4v) is 3.87. The van der Waals surface area contributed by atoms with Crippen LogP contribution in [0.15, 0.2) is 39.9 Å². The van der Waals surface area contributed by atoms with E-state index in [4.69, 9.17) is 0 Å². The molecule has 26 heavy (non-hydrogen) atoms. The summed E-state index contributed by atoms with van der Waals surface area (Å²) in [5.41, 5.74) is 0.472. The summed E-state index contributed by atoms with van der Waals surface area (Å²) in [5.74, 6) is 0.475. The van der Waals surface area contributed by atoms with Crippen LogP contribution >= 0.6 is 0 Å². The SMILES string of the molecule is Cn1c(N2CCCC2CCCc2ccccc2)c(C#N)c(=O)n(C)c1=O. The van der Waals surface area contributed by atoms with Gasteiger partial charge in [0.1, 0.15) is 11.9 Å². The van der Waals surface area contributed by atoms with Gasteiger partial charge in [-0.3, -0.25) is 13.9 Å². The van der Waals surface area contributed by atoms with E-state index in [1.807, 2.05) is 24.3 Å². The Labute approximate surface area is 152 Å². The highest BCUT2D eigenvalue weighted by Crippen LogP contribution is 2.28. The monoisotopic (exact) mass is 352 g/mol. The van der Waals surface area contributed by atoms with E-state index in [9.17, 15) is 14.9 Å². The number of rotatable bonds is 5. The molecule has 0 aliphatic carbocycles. The first-order valence-electron chi connectivity index (χ1n) is 9.05. The van der Waals surface area contributed by atoms with Crippen molar-refractivity contribution < 1.29 is 0 Å². The lowest BCUT2D eigenvalue weighted by Gasteiger charge is -2.29. The molecule has 1 fully saturated rings. The molecule has 0 bridgehead atoms. The second kappa shape index (κ2) is 7.61. The summed E-state index contributed by atoms with van der Waals surface area (Å²) in [6, 6.07) is 12.6. The zero-order chi connectivity index (χ0) is 18.7. The highest BCUT2D eigenvalue weighted by Gasteiger charge is 2.30. The molecule has 1 aromatic heterocycles. The predicted octanol–water partition coefficient (Wildman–Crippen LogP) is 1.95. The summed E-state index contributed by atoms with van der Waals surface area (Å²) in [4.78, 5) is 26.8. The second-order valence-corrected chi connectivity index (χ2v) is 6.88. The molecule has 1 aliphatic rings.